The van der Waals surface area contributed by atoms with Crippen LogP contribution in [-0.2, 0) is 21.4 Å². The van der Waals surface area contributed by atoms with Crippen molar-refractivity contribution in [2.24, 2.45) is 4.40 Å². The summed E-state index contributed by atoms with van der Waals surface area (Å²) in [5, 5.41) is 0.405. The van der Waals surface area contributed by atoms with Crippen LogP contribution in [0.15, 0.2) is 51.8 Å². The normalized spacial score (nSPS) is 22.4. The molecule has 0 saturated carbocycles. The zero-order valence-electron chi connectivity index (χ0n) is 18.0. The molecule has 1 atom stereocenters. The van der Waals surface area contributed by atoms with Crippen molar-refractivity contribution < 1.29 is 17.6 Å². The SMILES string of the molecule is O=C([C@@H]1CCCN1C1=NS(=O)(=O)c2ccccc21)N1CCN(Cc2c(F)cccc2Cl)CC1. The van der Waals surface area contributed by atoms with Gasteiger partial charge in [0.15, 0.2) is 5.84 Å². The highest BCUT2D eigenvalue weighted by Crippen LogP contribution is 2.32. The van der Waals surface area contributed by atoms with Gasteiger partial charge in [-0.05, 0) is 37.1 Å². The fourth-order valence-corrected chi connectivity index (χ4v) is 6.26. The third kappa shape index (κ3) is 4.13. The number of hydrogen-bond acceptors (Lipinski definition) is 5. The Morgan fingerprint density at radius 1 is 1.06 bits per heavy atom. The third-order valence-corrected chi connectivity index (χ3v) is 8.23. The molecule has 0 spiro atoms. The minimum atomic E-state index is -3.74. The van der Waals surface area contributed by atoms with Gasteiger partial charge in [-0.15, -0.1) is 4.40 Å². The van der Waals surface area contributed by atoms with Crippen LogP contribution in [0.1, 0.15) is 24.0 Å². The first-order valence-corrected chi connectivity index (χ1v) is 12.8. The smallest absolute Gasteiger partial charge is 0.285 e. The number of hydrogen-bond donors (Lipinski definition) is 0. The Balaban J connectivity index is 1.27. The zero-order chi connectivity index (χ0) is 23.2. The second-order valence-corrected chi connectivity index (χ2v) is 10.5. The minimum Gasteiger partial charge on any atom is -0.343 e. The van der Waals surface area contributed by atoms with Crippen LogP contribution in [0.3, 0.4) is 0 Å². The van der Waals surface area contributed by atoms with Crippen LogP contribution in [0.4, 0.5) is 4.39 Å². The highest BCUT2D eigenvalue weighted by Gasteiger charge is 2.41. The lowest BCUT2D eigenvalue weighted by molar-refractivity contribution is -0.136. The van der Waals surface area contributed by atoms with E-state index >= 15 is 0 Å². The fraction of sp³-hybridized carbons (Fsp3) is 0.391. The van der Waals surface area contributed by atoms with Crippen LogP contribution >= 0.6 is 11.6 Å². The van der Waals surface area contributed by atoms with Crippen LogP contribution in [0.2, 0.25) is 5.02 Å². The summed E-state index contributed by atoms with van der Waals surface area (Å²) in [7, 11) is -3.74. The van der Waals surface area contributed by atoms with Crippen molar-refractivity contribution in [1.29, 1.82) is 0 Å². The van der Waals surface area contributed by atoms with Crippen LogP contribution in [0.25, 0.3) is 0 Å². The molecule has 0 N–H and O–H groups in total. The second kappa shape index (κ2) is 8.70. The molecule has 3 heterocycles. The summed E-state index contributed by atoms with van der Waals surface area (Å²) in [6.07, 6.45) is 1.45. The molecule has 0 aliphatic carbocycles. The van der Waals surface area contributed by atoms with E-state index in [4.69, 9.17) is 11.6 Å². The molecular weight excluding hydrogens is 467 g/mol. The zero-order valence-corrected chi connectivity index (χ0v) is 19.5. The quantitative estimate of drug-likeness (QED) is 0.661. The van der Waals surface area contributed by atoms with Gasteiger partial charge in [-0.1, -0.05) is 29.8 Å². The number of benzene rings is 2. The lowest BCUT2D eigenvalue weighted by atomic mass is 10.1. The number of amidine groups is 1. The predicted octanol–water partition coefficient (Wildman–Crippen LogP) is 2.74. The summed E-state index contributed by atoms with van der Waals surface area (Å²) in [5.74, 6) is 0.0324. The first kappa shape index (κ1) is 22.3. The monoisotopic (exact) mass is 490 g/mol. The van der Waals surface area contributed by atoms with Crippen molar-refractivity contribution in [1.82, 2.24) is 14.7 Å². The molecule has 2 aromatic carbocycles. The highest BCUT2D eigenvalue weighted by atomic mass is 35.5. The number of amides is 1. The molecule has 5 rings (SSSR count). The lowest BCUT2D eigenvalue weighted by Crippen LogP contribution is -2.54. The summed E-state index contributed by atoms with van der Waals surface area (Å²) >= 11 is 6.16. The van der Waals surface area contributed by atoms with E-state index in [2.05, 4.69) is 9.30 Å². The summed E-state index contributed by atoms with van der Waals surface area (Å²) in [4.78, 5) is 19.3. The van der Waals surface area contributed by atoms with E-state index in [0.29, 0.717) is 67.7 Å². The molecule has 0 radical (unpaired) electrons. The number of fused-ring (bicyclic) bond motifs is 1. The highest BCUT2D eigenvalue weighted by molar-refractivity contribution is 7.90. The maximum Gasteiger partial charge on any atom is 0.285 e. The Labute approximate surface area is 197 Å². The largest absolute Gasteiger partial charge is 0.343 e. The molecule has 3 aliphatic heterocycles. The Kier molecular flexibility index (Phi) is 5.88. The minimum absolute atomic E-state index is 0.0134. The lowest BCUT2D eigenvalue weighted by Gasteiger charge is -2.37. The molecular formula is C23H24ClFN4O3S. The van der Waals surface area contributed by atoms with E-state index in [-0.39, 0.29) is 16.6 Å². The van der Waals surface area contributed by atoms with Gasteiger partial charge < -0.3 is 9.80 Å². The Hall–Kier alpha value is -2.49. The van der Waals surface area contributed by atoms with E-state index in [1.165, 1.54) is 6.07 Å². The van der Waals surface area contributed by atoms with Gasteiger partial charge in [-0.3, -0.25) is 9.69 Å². The van der Waals surface area contributed by atoms with Crippen LogP contribution in [-0.4, -0.2) is 73.6 Å². The van der Waals surface area contributed by atoms with E-state index in [1.807, 2.05) is 9.80 Å². The topological polar surface area (TPSA) is 73.3 Å². The number of nitrogens with zero attached hydrogens (tertiary/aromatic N) is 4. The van der Waals surface area contributed by atoms with Gasteiger partial charge in [0.25, 0.3) is 10.0 Å². The predicted molar refractivity (Wildman–Crippen MR) is 123 cm³/mol. The molecule has 33 heavy (non-hydrogen) atoms. The second-order valence-electron chi connectivity index (χ2n) is 8.54. The molecule has 7 nitrogen and oxygen atoms in total. The van der Waals surface area contributed by atoms with Gasteiger partial charge in [0.2, 0.25) is 5.91 Å². The molecule has 2 aromatic rings. The first-order valence-electron chi connectivity index (χ1n) is 11.0. The van der Waals surface area contributed by atoms with Crippen LogP contribution in [0, 0.1) is 5.82 Å². The molecule has 174 valence electrons. The molecule has 10 heteroatoms. The molecule has 2 fully saturated rings. The van der Waals surface area contributed by atoms with Crippen molar-refractivity contribution in [3.63, 3.8) is 0 Å². The van der Waals surface area contributed by atoms with Gasteiger partial charge >= 0.3 is 0 Å². The number of carbonyl (C=O) groups excluding carboxylic acids is 1. The number of likely N-dealkylation sites (tertiary alicyclic amines) is 1. The summed E-state index contributed by atoms with van der Waals surface area (Å²) in [6.45, 7) is 3.26. The Bertz CT molecular complexity index is 1210. The van der Waals surface area contributed by atoms with Crippen molar-refractivity contribution in [2.45, 2.75) is 30.3 Å². The molecule has 3 aliphatic rings. The number of halogens is 2. The van der Waals surface area contributed by atoms with E-state index in [0.717, 1.165) is 6.42 Å². The summed E-state index contributed by atoms with van der Waals surface area (Å²) < 4.78 is 43.1. The molecule has 0 bridgehead atoms. The number of piperazine rings is 1. The van der Waals surface area contributed by atoms with Crippen molar-refractivity contribution in [3.05, 3.63) is 64.4 Å². The standard InChI is InChI=1S/C23H24ClFN4O3S/c24-18-6-3-7-19(25)17(18)15-27-11-13-28(14-12-27)23(30)20-8-4-10-29(20)22-16-5-1-2-9-21(16)33(31,32)26-22/h1-3,5-7,9,20H,4,8,10-15H2/t20-/m0/s1. The van der Waals surface area contributed by atoms with Crippen molar-refractivity contribution >= 4 is 33.4 Å². The summed E-state index contributed by atoms with van der Waals surface area (Å²) in [5.41, 5.74) is 1.03. The number of rotatable bonds is 3. The van der Waals surface area contributed by atoms with E-state index < -0.39 is 16.1 Å². The summed E-state index contributed by atoms with van der Waals surface area (Å²) in [6, 6.07) is 11.0. The Morgan fingerprint density at radius 2 is 1.82 bits per heavy atom. The first-order chi connectivity index (χ1) is 15.8. The molecule has 0 unspecified atom stereocenters. The average Bonchev–Trinajstić information content (AvgIpc) is 3.39. The maximum absolute atomic E-state index is 14.1. The number of sulfonamides is 1. The third-order valence-electron chi connectivity index (χ3n) is 6.55. The molecule has 2 saturated heterocycles. The molecule has 0 aromatic heterocycles. The van der Waals surface area contributed by atoms with E-state index in [9.17, 15) is 17.6 Å². The van der Waals surface area contributed by atoms with Crippen LogP contribution in [0.5, 0.6) is 0 Å². The average molecular weight is 491 g/mol. The van der Waals surface area contributed by atoms with Crippen molar-refractivity contribution in [3.8, 4) is 0 Å². The van der Waals surface area contributed by atoms with Gasteiger partial charge in [0.05, 0.1) is 0 Å². The molecule has 1 amide bonds. The van der Waals surface area contributed by atoms with Crippen molar-refractivity contribution in [2.75, 3.05) is 32.7 Å². The van der Waals surface area contributed by atoms with Gasteiger partial charge in [-0.2, -0.15) is 8.42 Å². The van der Waals surface area contributed by atoms with Gasteiger partial charge in [0.1, 0.15) is 16.8 Å². The number of carbonyl (C=O) groups is 1. The van der Waals surface area contributed by atoms with Gasteiger partial charge in [0, 0.05) is 55.4 Å². The van der Waals surface area contributed by atoms with E-state index in [1.54, 1.807) is 36.4 Å². The fourth-order valence-electron chi connectivity index (χ4n) is 4.82. The maximum atomic E-state index is 14.1. The Morgan fingerprint density at radius 3 is 2.58 bits per heavy atom. The van der Waals surface area contributed by atoms with Gasteiger partial charge in [-0.25, -0.2) is 4.39 Å². The van der Waals surface area contributed by atoms with Crippen LogP contribution < -0.4 is 0 Å².